The largest absolute Gasteiger partial charge is 0.394 e. The number of hydrogen-bond acceptors (Lipinski definition) is 3. The highest BCUT2D eigenvalue weighted by Gasteiger charge is 2.11. The van der Waals surface area contributed by atoms with Crippen molar-refractivity contribution in [3.05, 3.63) is 29.8 Å². The number of benzene rings is 1. The van der Waals surface area contributed by atoms with Crippen molar-refractivity contribution < 1.29 is 9.90 Å². The van der Waals surface area contributed by atoms with Crippen LogP contribution in [0.3, 0.4) is 0 Å². The smallest absolute Gasteiger partial charge is 0.251 e. The van der Waals surface area contributed by atoms with Gasteiger partial charge in [-0.05, 0) is 44.5 Å². The molecule has 0 aliphatic heterocycles. The second-order valence-electron chi connectivity index (χ2n) is 4.48. The van der Waals surface area contributed by atoms with Crippen molar-refractivity contribution in [2.75, 3.05) is 24.6 Å². The van der Waals surface area contributed by atoms with Crippen LogP contribution in [0.1, 0.15) is 37.6 Å². The first-order valence-electron chi connectivity index (χ1n) is 6.92. The number of aliphatic hydroxyl groups excluding tert-OH is 1. The predicted octanol–water partition coefficient (Wildman–Crippen LogP) is 2.03. The van der Waals surface area contributed by atoms with Gasteiger partial charge in [0.25, 0.3) is 5.91 Å². The molecule has 1 atom stereocenters. The number of rotatable bonds is 7. The maximum atomic E-state index is 12.0. The van der Waals surface area contributed by atoms with Gasteiger partial charge in [-0.2, -0.15) is 0 Å². The Balaban J connectivity index is 2.72. The number of carbonyl (C=O) groups excluding carboxylic acids is 1. The summed E-state index contributed by atoms with van der Waals surface area (Å²) in [6.07, 6.45) is 0.722. The van der Waals surface area contributed by atoms with Gasteiger partial charge in [0.05, 0.1) is 12.6 Å². The van der Waals surface area contributed by atoms with E-state index in [1.165, 1.54) is 0 Å². The van der Waals surface area contributed by atoms with Crippen molar-refractivity contribution in [3.63, 3.8) is 0 Å². The first kappa shape index (κ1) is 15.5. The molecule has 106 valence electrons. The molecule has 0 unspecified atom stereocenters. The van der Waals surface area contributed by atoms with Crippen LogP contribution in [0, 0.1) is 0 Å². The molecule has 1 rings (SSSR count). The minimum absolute atomic E-state index is 0.0280. The summed E-state index contributed by atoms with van der Waals surface area (Å²) in [5.41, 5.74) is 1.75. The van der Waals surface area contributed by atoms with Gasteiger partial charge in [0, 0.05) is 24.3 Å². The monoisotopic (exact) mass is 264 g/mol. The molecule has 1 aromatic carbocycles. The van der Waals surface area contributed by atoms with E-state index in [9.17, 15) is 4.79 Å². The van der Waals surface area contributed by atoms with Crippen molar-refractivity contribution in [2.45, 2.75) is 33.2 Å². The number of nitrogens with zero attached hydrogens (tertiary/aromatic N) is 1. The van der Waals surface area contributed by atoms with Crippen molar-refractivity contribution in [1.82, 2.24) is 5.32 Å². The van der Waals surface area contributed by atoms with Crippen LogP contribution in [-0.4, -0.2) is 36.8 Å². The van der Waals surface area contributed by atoms with Crippen LogP contribution in [0.5, 0.6) is 0 Å². The normalized spacial score (nSPS) is 12.0. The van der Waals surface area contributed by atoms with Gasteiger partial charge in [-0.15, -0.1) is 0 Å². The maximum Gasteiger partial charge on any atom is 0.251 e. The van der Waals surface area contributed by atoms with E-state index in [0.717, 1.165) is 25.2 Å². The minimum Gasteiger partial charge on any atom is -0.394 e. The number of anilines is 1. The summed E-state index contributed by atoms with van der Waals surface area (Å²) in [6, 6.07) is 7.40. The second-order valence-corrected chi connectivity index (χ2v) is 4.48. The van der Waals surface area contributed by atoms with Gasteiger partial charge in [-0.1, -0.05) is 6.92 Å². The summed E-state index contributed by atoms with van der Waals surface area (Å²) in [4.78, 5) is 14.2. The molecular weight excluding hydrogens is 240 g/mol. The van der Waals surface area contributed by atoms with Gasteiger partial charge in [-0.3, -0.25) is 4.79 Å². The van der Waals surface area contributed by atoms with Gasteiger partial charge in [0.15, 0.2) is 0 Å². The molecule has 1 aromatic rings. The molecular formula is C15H24N2O2. The summed E-state index contributed by atoms with van der Waals surface area (Å²) < 4.78 is 0. The van der Waals surface area contributed by atoms with E-state index in [4.69, 9.17) is 5.11 Å². The van der Waals surface area contributed by atoms with Gasteiger partial charge < -0.3 is 15.3 Å². The third-order valence-corrected chi connectivity index (χ3v) is 3.31. The molecule has 0 radical (unpaired) electrons. The molecule has 0 saturated heterocycles. The third kappa shape index (κ3) is 4.24. The highest BCUT2D eigenvalue weighted by molar-refractivity contribution is 5.94. The van der Waals surface area contributed by atoms with E-state index >= 15 is 0 Å². The lowest BCUT2D eigenvalue weighted by atomic mass is 10.1. The first-order valence-corrected chi connectivity index (χ1v) is 6.92. The zero-order valence-electron chi connectivity index (χ0n) is 12.0. The number of hydrogen-bond donors (Lipinski definition) is 2. The van der Waals surface area contributed by atoms with Crippen LogP contribution in [0.25, 0.3) is 0 Å². The fraction of sp³-hybridized carbons (Fsp3) is 0.533. The molecule has 0 aliphatic rings. The predicted molar refractivity (Wildman–Crippen MR) is 78.6 cm³/mol. The zero-order chi connectivity index (χ0) is 14.3. The van der Waals surface area contributed by atoms with Crippen molar-refractivity contribution in [2.24, 2.45) is 0 Å². The fourth-order valence-corrected chi connectivity index (χ4v) is 1.96. The molecule has 4 nitrogen and oxygen atoms in total. The Morgan fingerprint density at radius 1 is 1.21 bits per heavy atom. The molecule has 0 aliphatic carbocycles. The molecule has 0 fully saturated rings. The first-order chi connectivity index (χ1) is 9.15. The van der Waals surface area contributed by atoms with Crippen LogP contribution in [0.15, 0.2) is 24.3 Å². The Morgan fingerprint density at radius 2 is 1.79 bits per heavy atom. The molecule has 4 heteroatoms. The molecule has 2 N–H and O–H groups in total. The lowest BCUT2D eigenvalue weighted by Gasteiger charge is -2.21. The van der Waals surface area contributed by atoms with E-state index in [1.807, 2.05) is 31.2 Å². The number of carbonyl (C=O) groups is 1. The second kappa shape index (κ2) is 7.79. The zero-order valence-corrected chi connectivity index (χ0v) is 12.0. The summed E-state index contributed by atoms with van der Waals surface area (Å²) in [6.45, 7) is 8.02. The molecule has 0 aromatic heterocycles. The van der Waals surface area contributed by atoms with Gasteiger partial charge in [-0.25, -0.2) is 0 Å². The van der Waals surface area contributed by atoms with Crippen LogP contribution >= 0.6 is 0 Å². The van der Waals surface area contributed by atoms with Crippen LogP contribution < -0.4 is 10.2 Å². The van der Waals surface area contributed by atoms with Gasteiger partial charge in [0.1, 0.15) is 0 Å². The van der Waals surface area contributed by atoms with E-state index in [1.54, 1.807) is 0 Å². The third-order valence-electron chi connectivity index (χ3n) is 3.31. The number of aliphatic hydroxyl groups is 1. The Bertz CT molecular complexity index is 382. The average Bonchev–Trinajstić information content (AvgIpc) is 2.46. The van der Waals surface area contributed by atoms with E-state index in [2.05, 4.69) is 24.1 Å². The summed E-state index contributed by atoms with van der Waals surface area (Å²) in [5, 5.41) is 11.9. The quantitative estimate of drug-likeness (QED) is 0.792. The minimum atomic E-state index is -0.171. The Morgan fingerprint density at radius 3 is 2.21 bits per heavy atom. The SMILES string of the molecule is CC[C@H](CO)NC(=O)c1ccc(N(CC)CC)cc1. The summed E-state index contributed by atoms with van der Waals surface area (Å²) in [5.74, 6) is -0.132. The molecule has 19 heavy (non-hydrogen) atoms. The van der Waals surface area contributed by atoms with E-state index in [0.29, 0.717) is 5.56 Å². The standard InChI is InChI=1S/C15H24N2O2/c1-4-13(11-18)16-15(19)12-7-9-14(10-8-12)17(5-2)6-3/h7-10,13,18H,4-6,11H2,1-3H3,(H,16,19)/t13-/m1/s1. The molecule has 0 heterocycles. The van der Waals surface area contributed by atoms with E-state index in [-0.39, 0.29) is 18.6 Å². The van der Waals surface area contributed by atoms with E-state index < -0.39 is 0 Å². The number of nitrogens with one attached hydrogen (secondary N) is 1. The van der Waals surface area contributed by atoms with Crippen LogP contribution in [-0.2, 0) is 0 Å². The van der Waals surface area contributed by atoms with Crippen LogP contribution in [0.2, 0.25) is 0 Å². The fourth-order valence-electron chi connectivity index (χ4n) is 1.96. The summed E-state index contributed by atoms with van der Waals surface area (Å²) in [7, 11) is 0. The van der Waals surface area contributed by atoms with Crippen LogP contribution in [0.4, 0.5) is 5.69 Å². The average molecular weight is 264 g/mol. The van der Waals surface area contributed by atoms with Crippen molar-refractivity contribution >= 4 is 11.6 Å². The lowest BCUT2D eigenvalue weighted by Crippen LogP contribution is -2.36. The Labute approximate surface area is 115 Å². The molecule has 0 saturated carbocycles. The molecule has 1 amide bonds. The number of amides is 1. The lowest BCUT2D eigenvalue weighted by molar-refractivity contribution is 0.0915. The summed E-state index contributed by atoms with van der Waals surface area (Å²) >= 11 is 0. The van der Waals surface area contributed by atoms with Gasteiger partial charge in [0.2, 0.25) is 0 Å². The topological polar surface area (TPSA) is 52.6 Å². The maximum absolute atomic E-state index is 12.0. The molecule has 0 spiro atoms. The Hall–Kier alpha value is -1.55. The highest BCUT2D eigenvalue weighted by Crippen LogP contribution is 2.15. The molecule has 0 bridgehead atoms. The Kier molecular flexibility index (Phi) is 6.36. The van der Waals surface area contributed by atoms with Gasteiger partial charge >= 0.3 is 0 Å². The van der Waals surface area contributed by atoms with Crippen molar-refractivity contribution in [3.8, 4) is 0 Å². The highest BCUT2D eigenvalue weighted by atomic mass is 16.3. The van der Waals surface area contributed by atoms with Crippen molar-refractivity contribution in [1.29, 1.82) is 0 Å².